The number of alkyl halides is 3. The van der Waals surface area contributed by atoms with Gasteiger partial charge in [-0.1, -0.05) is 29.3 Å². The minimum atomic E-state index is -4.80. The number of amides is 1. The fraction of sp³-hybridized carbons (Fsp3) is 0.167. The highest BCUT2D eigenvalue weighted by molar-refractivity contribution is 6.35. The molecule has 0 aliphatic heterocycles. The van der Waals surface area contributed by atoms with Crippen LogP contribution in [0.1, 0.15) is 11.1 Å². The van der Waals surface area contributed by atoms with Gasteiger partial charge in [-0.15, -0.1) is 0 Å². The topological polar surface area (TPSA) is 68.9 Å². The first-order chi connectivity index (χ1) is 13.6. The van der Waals surface area contributed by atoms with Gasteiger partial charge in [-0.25, -0.2) is 4.68 Å². The molecule has 2 aromatic heterocycles. The van der Waals surface area contributed by atoms with E-state index < -0.39 is 29.8 Å². The SMILES string of the molecule is O=C(Cn1cccc(C(F)(F)F)c1=O)Nc1ccnn1Cc1ccc(Cl)cc1Cl. The van der Waals surface area contributed by atoms with E-state index in [2.05, 4.69) is 10.4 Å². The molecule has 0 aliphatic rings. The van der Waals surface area contributed by atoms with Gasteiger partial charge < -0.3 is 9.88 Å². The molecule has 0 atom stereocenters. The number of hydrogen-bond donors (Lipinski definition) is 1. The summed E-state index contributed by atoms with van der Waals surface area (Å²) in [7, 11) is 0. The van der Waals surface area contributed by atoms with Crippen molar-refractivity contribution in [1.82, 2.24) is 14.3 Å². The van der Waals surface area contributed by atoms with Gasteiger partial charge in [-0.2, -0.15) is 18.3 Å². The van der Waals surface area contributed by atoms with Crippen LogP contribution in [0.5, 0.6) is 0 Å². The van der Waals surface area contributed by atoms with E-state index in [4.69, 9.17) is 23.2 Å². The van der Waals surface area contributed by atoms with Crippen LogP contribution in [0.2, 0.25) is 10.0 Å². The van der Waals surface area contributed by atoms with Crippen molar-refractivity contribution in [3.63, 3.8) is 0 Å². The average Bonchev–Trinajstić information content (AvgIpc) is 3.05. The van der Waals surface area contributed by atoms with Crippen LogP contribution in [-0.4, -0.2) is 20.3 Å². The Hall–Kier alpha value is -2.78. The lowest BCUT2D eigenvalue weighted by molar-refractivity contribution is -0.139. The molecule has 3 aromatic rings. The van der Waals surface area contributed by atoms with Crippen molar-refractivity contribution in [2.45, 2.75) is 19.3 Å². The summed E-state index contributed by atoms with van der Waals surface area (Å²) in [6.45, 7) is -0.363. The minimum Gasteiger partial charge on any atom is -0.309 e. The van der Waals surface area contributed by atoms with Crippen LogP contribution in [0.15, 0.2) is 53.6 Å². The lowest BCUT2D eigenvalue weighted by Crippen LogP contribution is -2.32. The number of hydrogen-bond acceptors (Lipinski definition) is 3. The van der Waals surface area contributed by atoms with Gasteiger partial charge in [0.1, 0.15) is 17.9 Å². The molecule has 29 heavy (non-hydrogen) atoms. The fourth-order valence-electron chi connectivity index (χ4n) is 2.59. The zero-order valence-electron chi connectivity index (χ0n) is 14.6. The summed E-state index contributed by atoms with van der Waals surface area (Å²) in [4.78, 5) is 24.2. The van der Waals surface area contributed by atoms with Crippen molar-refractivity contribution in [3.8, 4) is 0 Å². The standard InChI is InChI=1S/C18H13Cl2F3N4O2/c19-12-4-3-11(14(20)8-12)9-27-15(5-6-24-27)25-16(28)10-26-7-1-2-13(17(26)29)18(21,22)23/h1-8H,9-10H2,(H,25,28). The van der Waals surface area contributed by atoms with Crippen LogP contribution in [0.25, 0.3) is 0 Å². The third-order valence-electron chi connectivity index (χ3n) is 3.96. The molecule has 152 valence electrons. The van der Waals surface area contributed by atoms with E-state index in [0.717, 1.165) is 12.3 Å². The number of nitrogens with zero attached hydrogens (tertiary/aromatic N) is 3. The van der Waals surface area contributed by atoms with Crippen LogP contribution < -0.4 is 10.9 Å². The summed E-state index contributed by atoms with van der Waals surface area (Å²) >= 11 is 12.0. The third-order valence-corrected chi connectivity index (χ3v) is 4.55. The highest BCUT2D eigenvalue weighted by Crippen LogP contribution is 2.26. The van der Waals surface area contributed by atoms with Crippen LogP contribution in [-0.2, 0) is 24.1 Å². The van der Waals surface area contributed by atoms with Crippen LogP contribution in [0, 0.1) is 0 Å². The maximum atomic E-state index is 12.8. The van der Waals surface area contributed by atoms with Gasteiger partial charge in [0.15, 0.2) is 0 Å². The van der Waals surface area contributed by atoms with Crippen molar-refractivity contribution in [2.24, 2.45) is 0 Å². The van der Waals surface area contributed by atoms with E-state index in [-0.39, 0.29) is 6.54 Å². The zero-order chi connectivity index (χ0) is 21.2. The number of anilines is 1. The summed E-state index contributed by atoms with van der Waals surface area (Å²) in [5.74, 6) is -0.392. The van der Waals surface area contributed by atoms with Gasteiger partial charge in [-0.3, -0.25) is 9.59 Å². The van der Waals surface area contributed by atoms with E-state index in [1.54, 1.807) is 18.2 Å². The van der Waals surface area contributed by atoms with Gasteiger partial charge in [-0.05, 0) is 29.8 Å². The van der Waals surface area contributed by atoms with E-state index in [1.807, 2.05) is 0 Å². The molecule has 1 N–H and O–H groups in total. The maximum Gasteiger partial charge on any atom is 0.421 e. The van der Waals surface area contributed by atoms with E-state index in [1.165, 1.54) is 16.9 Å². The Morgan fingerprint density at radius 2 is 1.93 bits per heavy atom. The number of carbonyl (C=O) groups excluding carboxylic acids is 1. The molecule has 0 spiro atoms. The zero-order valence-corrected chi connectivity index (χ0v) is 16.1. The molecule has 6 nitrogen and oxygen atoms in total. The molecule has 0 fully saturated rings. The Bertz CT molecular complexity index is 1110. The summed E-state index contributed by atoms with van der Waals surface area (Å²) in [6.07, 6.45) is -2.25. The van der Waals surface area contributed by atoms with Crippen molar-refractivity contribution in [2.75, 3.05) is 5.32 Å². The number of benzene rings is 1. The van der Waals surface area contributed by atoms with Crippen LogP contribution in [0.3, 0.4) is 0 Å². The molecular formula is C18H13Cl2F3N4O2. The fourth-order valence-corrected chi connectivity index (χ4v) is 3.06. The quantitative estimate of drug-likeness (QED) is 0.644. The van der Waals surface area contributed by atoms with Crippen LogP contribution >= 0.6 is 23.2 Å². The van der Waals surface area contributed by atoms with Crippen molar-refractivity contribution >= 4 is 34.9 Å². The highest BCUT2D eigenvalue weighted by Gasteiger charge is 2.34. The van der Waals surface area contributed by atoms with E-state index in [9.17, 15) is 22.8 Å². The number of aromatic nitrogens is 3. The summed E-state index contributed by atoms with van der Waals surface area (Å²) in [6, 6.07) is 8.17. The lowest BCUT2D eigenvalue weighted by Gasteiger charge is -2.12. The lowest BCUT2D eigenvalue weighted by atomic mass is 10.2. The Labute approximate surface area is 172 Å². The van der Waals surface area contributed by atoms with Crippen molar-refractivity contribution < 1.29 is 18.0 Å². The largest absolute Gasteiger partial charge is 0.421 e. The smallest absolute Gasteiger partial charge is 0.309 e. The molecule has 0 radical (unpaired) electrons. The normalized spacial score (nSPS) is 11.5. The predicted octanol–water partition coefficient (Wildman–Crippen LogP) is 4.06. The predicted molar refractivity (Wildman–Crippen MR) is 102 cm³/mol. The van der Waals surface area contributed by atoms with Gasteiger partial charge in [0.25, 0.3) is 5.56 Å². The van der Waals surface area contributed by atoms with Gasteiger partial charge in [0.2, 0.25) is 5.91 Å². The summed E-state index contributed by atoms with van der Waals surface area (Å²) < 4.78 is 40.7. The van der Waals surface area contributed by atoms with Gasteiger partial charge in [0, 0.05) is 22.3 Å². The van der Waals surface area contributed by atoms with Gasteiger partial charge in [0.05, 0.1) is 12.7 Å². The second-order valence-electron chi connectivity index (χ2n) is 6.01. The first kappa shape index (κ1) is 20.9. The number of carbonyl (C=O) groups is 1. The number of rotatable bonds is 5. The number of halogens is 5. The minimum absolute atomic E-state index is 0.224. The maximum absolute atomic E-state index is 12.8. The molecule has 3 rings (SSSR count). The summed E-state index contributed by atoms with van der Waals surface area (Å²) in [5.41, 5.74) is -1.93. The molecule has 0 aliphatic carbocycles. The van der Waals surface area contributed by atoms with Crippen LogP contribution in [0.4, 0.5) is 19.0 Å². The molecule has 0 saturated carbocycles. The molecule has 0 saturated heterocycles. The molecule has 2 heterocycles. The highest BCUT2D eigenvalue weighted by atomic mass is 35.5. The molecule has 1 aromatic carbocycles. The molecular weight excluding hydrogens is 432 g/mol. The monoisotopic (exact) mass is 444 g/mol. The Kier molecular flexibility index (Phi) is 5.99. The van der Waals surface area contributed by atoms with Gasteiger partial charge >= 0.3 is 6.18 Å². The second kappa shape index (κ2) is 8.30. The van der Waals surface area contributed by atoms with Crippen molar-refractivity contribution in [1.29, 1.82) is 0 Å². The number of pyridine rings is 1. The average molecular weight is 445 g/mol. The van der Waals surface area contributed by atoms with E-state index in [0.29, 0.717) is 32.1 Å². The Morgan fingerprint density at radius 1 is 1.17 bits per heavy atom. The Balaban J connectivity index is 1.75. The molecule has 11 heteroatoms. The second-order valence-corrected chi connectivity index (χ2v) is 6.85. The first-order valence-corrected chi connectivity index (χ1v) is 8.93. The Morgan fingerprint density at radius 3 is 2.62 bits per heavy atom. The molecule has 0 unspecified atom stereocenters. The molecule has 0 bridgehead atoms. The first-order valence-electron chi connectivity index (χ1n) is 8.17. The number of nitrogens with one attached hydrogen (secondary N) is 1. The summed E-state index contributed by atoms with van der Waals surface area (Å²) in [5, 5.41) is 7.51. The third kappa shape index (κ3) is 4.99. The molecule has 1 amide bonds. The van der Waals surface area contributed by atoms with E-state index >= 15 is 0 Å². The van der Waals surface area contributed by atoms with Crippen molar-refractivity contribution in [3.05, 3.63) is 80.3 Å².